The number of halogens is 2. The molecule has 3 rings (SSSR count). The topological polar surface area (TPSA) is 84.5 Å². The third-order valence-electron chi connectivity index (χ3n) is 4.14. The predicted octanol–water partition coefficient (Wildman–Crippen LogP) is 5.28. The van der Waals surface area contributed by atoms with Crippen LogP contribution in [0.2, 0.25) is 10.0 Å². The van der Waals surface area contributed by atoms with Gasteiger partial charge in [-0.25, -0.2) is 4.79 Å². The van der Waals surface area contributed by atoms with Crippen LogP contribution in [0, 0.1) is 0 Å². The Morgan fingerprint density at radius 2 is 1.57 bits per heavy atom. The number of nitrogens with one attached hydrogen (secondary N) is 2. The molecule has 0 saturated heterocycles. The molecule has 0 aliphatic rings. The molecule has 0 bridgehead atoms. The van der Waals surface area contributed by atoms with Crippen LogP contribution >= 0.6 is 23.2 Å². The van der Waals surface area contributed by atoms with E-state index in [1.54, 1.807) is 48.5 Å². The van der Waals surface area contributed by atoms with Gasteiger partial charge in [-0.1, -0.05) is 41.4 Å². The van der Waals surface area contributed by atoms with Crippen molar-refractivity contribution in [1.82, 2.24) is 0 Å². The molecule has 3 aromatic carbocycles. The molecule has 0 spiro atoms. The molecule has 0 aliphatic carbocycles. The zero-order valence-electron chi connectivity index (χ0n) is 15.7. The minimum atomic E-state index is -0.563. The van der Waals surface area contributed by atoms with Crippen LogP contribution in [-0.2, 0) is 4.74 Å². The molecule has 2 amide bonds. The van der Waals surface area contributed by atoms with E-state index < -0.39 is 17.8 Å². The maximum atomic E-state index is 12.7. The van der Waals surface area contributed by atoms with Crippen molar-refractivity contribution in [3.05, 3.63) is 93.5 Å². The van der Waals surface area contributed by atoms with Gasteiger partial charge in [0.1, 0.15) is 0 Å². The number of amides is 2. The highest BCUT2D eigenvalue weighted by Gasteiger charge is 2.15. The molecule has 0 radical (unpaired) electrons. The molecular weight excluding hydrogens is 427 g/mol. The van der Waals surface area contributed by atoms with E-state index in [1.165, 1.54) is 25.3 Å². The van der Waals surface area contributed by atoms with E-state index in [0.717, 1.165) is 0 Å². The summed E-state index contributed by atoms with van der Waals surface area (Å²) in [7, 11) is 1.26. The summed E-state index contributed by atoms with van der Waals surface area (Å²) in [5, 5.41) is 6.01. The van der Waals surface area contributed by atoms with Crippen molar-refractivity contribution >= 4 is 52.4 Å². The Labute approximate surface area is 182 Å². The first-order valence-corrected chi connectivity index (χ1v) is 9.50. The molecule has 3 aromatic rings. The van der Waals surface area contributed by atoms with Gasteiger partial charge >= 0.3 is 5.97 Å². The number of esters is 1. The Balaban J connectivity index is 1.78. The minimum absolute atomic E-state index is 0.216. The second-order valence-electron chi connectivity index (χ2n) is 6.15. The van der Waals surface area contributed by atoms with Crippen LogP contribution < -0.4 is 10.6 Å². The Kier molecular flexibility index (Phi) is 6.72. The van der Waals surface area contributed by atoms with Crippen molar-refractivity contribution in [1.29, 1.82) is 0 Å². The van der Waals surface area contributed by atoms with Gasteiger partial charge in [0.15, 0.2) is 0 Å². The van der Waals surface area contributed by atoms with Gasteiger partial charge in [-0.3, -0.25) is 9.59 Å². The summed E-state index contributed by atoms with van der Waals surface area (Å²) in [6.07, 6.45) is 0. The standard InChI is InChI=1S/C22H16Cl2N2O4/c1-30-22(29)17-7-2-3-8-19(17)26-20(27)13-5-4-6-15(11-13)25-21(28)16-10-9-14(23)12-18(16)24/h2-12H,1H3,(H,25,28)(H,26,27). The molecule has 6 nitrogen and oxygen atoms in total. The van der Waals surface area contributed by atoms with Crippen LogP contribution in [0.4, 0.5) is 11.4 Å². The third kappa shape index (κ3) is 4.97. The lowest BCUT2D eigenvalue weighted by atomic mass is 10.1. The first-order chi connectivity index (χ1) is 14.4. The van der Waals surface area contributed by atoms with Crippen LogP contribution in [0.3, 0.4) is 0 Å². The van der Waals surface area contributed by atoms with Crippen LogP contribution in [0.25, 0.3) is 0 Å². The summed E-state index contributed by atoms with van der Waals surface area (Å²) in [6, 6.07) is 17.4. The number of rotatable bonds is 5. The number of anilines is 2. The summed E-state index contributed by atoms with van der Waals surface area (Å²) in [5.74, 6) is -1.45. The Bertz CT molecular complexity index is 1130. The van der Waals surface area contributed by atoms with E-state index in [-0.39, 0.29) is 21.7 Å². The zero-order valence-corrected chi connectivity index (χ0v) is 17.3. The molecule has 0 atom stereocenters. The molecule has 0 fully saturated rings. The van der Waals surface area contributed by atoms with Crippen molar-refractivity contribution in [2.45, 2.75) is 0 Å². The lowest BCUT2D eigenvalue weighted by molar-refractivity contribution is 0.0601. The van der Waals surface area contributed by atoms with E-state index in [0.29, 0.717) is 16.4 Å². The SMILES string of the molecule is COC(=O)c1ccccc1NC(=O)c1cccc(NC(=O)c2ccc(Cl)cc2Cl)c1. The van der Waals surface area contributed by atoms with Gasteiger partial charge in [0.05, 0.1) is 28.9 Å². The molecule has 0 unspecified atom stereocenters. The maximum absolute atomic E-state index is 12.7. The molecule has 0 aromatic heterocycles. The fourth-order valence-corrected chi connectivity index (χ4v) is 3.18. The normalized spacial score (nSPS) is 10.2. The zero-order chi connectivity index (χ0) is 21.7. The van der Waals surface area contributed by atoms with Gasteiger partial charge in [0.25, 0.3) is 11.8 Å². The van der Waals surface area contributed by atoms with Crippen molar-refractivity contribution in [3.8, 4) is 0 Å². The Hall–Kier alpha value is -3.35. The number of carbonyl (C=O) groups is 3. The van der Waals surface area contributed by atoms with Crippen LogP contribution in [0.15, 0.2) is 66.7 Å². The summed E-state index contributed by atoms with van der Waals surface area (Å²) >= 11 is 11.9. The summed E-state index contributed by atoms with van der Waals surface area (Å²) in [6.45, 7) is 0. The fourth-order valence-electron chi connectivity index (χ4n) is 2.68. The van der Waals surface area contributed by atoms with Gasteiger partial charge in [-0.2, -0.15) is 0 Å². The Morgan fingerprint density at radius 1 is 0.800 bits per heavy atom. The van der Waals surface area contributed by atoms with Crippen molar-refractivity contribution in [2.24, 2.45) is 0 Å². The van der Waals surface area contributed by atoms with Crippen molar-refractivity contribution in [3.63, 3.8) is 0 Å². The van der Waals surface area contributed by atoms with E-state index >= 15 is 0 Å². The smallest absolute Gasteiger partial charge is 0.339 e. The predicted molar refractivity (Wildman–Crippen MR) is 117 cm³/mol. The maximum Gasteiger partial charge on any atom is 0.339 e. The van der Waals surface area contributed by atoms with Gasteiger partial charge in [0, 0.05) is 16.3 Å². The number of hydrogen-bond acceptors (Lipinski definition) is 4. The summed E-state index contributed by atoms with van der Waals surface area (Å²) in [4.78, 5) is 37.0. The first-order valence-electron chi connectivity index (χ1n) is 8.74. The van der Waals surface area contributed by atoms with Crippen molar-refractivity contribution in [2.75, 3.05) is 17.7 Å². The van der Waals surface area contributed by atoms with E-state index in [9.17, 15) is 14.4 Å². The number of ether oxygens (including phenoxy) is 1. The lowest BCUT2D eigenvalue weighted by Crippen LogP contribution is -2.16. The van der Waals surface area contributed by atoms with Crippen LogP contribution in [0.1, 0.15) is 31.1 Å². The number of para-hydroxylation sites is 1. The average molecular weight is 443 g/mol. The minimum Gasteiger partial charge on any atom is -0.465 e. The Morgan fingerprint density at radius 3 is 2.30 bits per heavy atom. The second-order valence-corrected chi connectivity index (χ2v) is 6.99. The third-order valence-corrected chi connectivity index (χ3v) is 4.69. The highest BCUT2D eigenvalue weighted by atomic mass is 35.5. The number of benzene rings is 3. The molecule has 30 heavy (non-hydrogen) atoms. The number of methoxy groups -OCH3 is 1. The second kappa shape index (κ2) is 9.43. The van der Waals surface area contributed by atoms with Crippen molar-refractivity contribution < 1.29 is 19.1 Å². The molecule has 8 heteroatoms. The molecule has 0 aliphatic heterocycles. The summed E-state index contributed by atoms with van der Waals surface area (Å²) < 4.78 is 4.73. The highest BCUT2D eigenvalue weighted by Crippen LogP contribution is 2.23. The van der Waals surface area contributed by atoms with Gasteiger partial charge in [-0.15, -0.1) is 0 Å². The van der Waals surface area contributed by atoms with E-state index in [4.69, 9.17) is 27.9 Å². The fraction of sp³-hybridized carbons (Fsp3) is 0.0455. The van der Waals surface area contributed by atoms with Crippen LogP contribution in [0.5, 0.6) is 0 Å². The monoisotopic (exact) mass is 442 g/mol. The lowest BCUT2D eigenvalue weighted by Gasteiger charge is -2.11. The molecule has 0 heterocycles. The van der Waals surface area contributed by atoms with Gasteiger partial charge < -0.3 is 15.4 Å². The number of hydrogen-bond donors (Lipinski definition) is 2. The highest BCUT2D eigenvalue weighted by molar-refractivity contribution is 6.37. The average Bonchev–Trinajstić information content (AvgIpc) is 2.73. The van der Waals surface area contributed by atoms with Gasteiger partial charge in [-0.05, 0) is 48.5 Å². The van der Waals surface area contributed by atoms with E-state index in [1.807, 2.05) is 0 Å². The summed E-state index contributed by atoms with van der Waals surface area (Å²) in [5.41, 5.74) is 1.49. The first kappa shape index (κ1) is 21.4. The number of carbonyl (C=O) groups excluding carboxylic acids is 3. The quantitative estimate of drug-likeness (QED) is 0.526. The molecule has 152 valence electrons. The van der Waals surface area contributed by atoms with Crippen LogP contribution in [-0.4, -0.2) is 24.9 Å². The van der Waals surface area contributed by atoms with E-state index in [2.05, 4.69) is 10.6 Å². The molecule has 0 saturated carbocycles. The molecule has 2 N–H and O–H groups in total. The largest absolute Gasteiger partial charge is 0.465 e. The van der Waals surface area contributed by atoms with Gasteiger partial charge in [0.2, 0.25) is 0 Å². The molecular formula is C22H16Cl2N2O4.